The van der Waals surface area contributed by atoms with Crippen molar-refractivity contribution in [2.24, 2.45) is 28.6 Å². The van der Waals surface area contributed by atoms with Gasteiger partial charge in [-0.1, -0.05) is 31.7 Å². The van der Waals surface area contributed by atoms with Gasteiger partial charge in [-0.3, -0.25) is 14.2 Å². The summed E-state index contributed by atoms with van der Waals surface area (Å²) in [5.74, 6) is -2.94. The van der Waals surface area contributed by atoms with Crippen LogP contribution in [0, 0.1) is 28.6 Å². The van der Waals surface area contributed by atoms with E-state index in [0.717, 1.165) is 11.8 Å². The first-order chi connectivity index (χ1) is 17.6. The van der Waals surface area contributed by atoms with Gasteiger partial charge in [-0.25, -0.2) is 8.78 Å². The number of allylic oxidation sites excluding steroid dienone is 4. The van der Waals surface area contributed by atoms with Crippen molar-refractivity contribution >= 4 is 30.3 Å². The van der Waals surface area contributed by atoms with E-state index >= 15 is 8.78 Å². The number of alkyl halides is 1. The van der Waals surface area contributed by atoms with E-state index in [-0.39, 0.29) is 62.2 Å². The third-order valence-electron chi connectivity index (χ3n) is 9.80. The Labute approximate surface area is 227 Å². The molecule has 8 atom stereocenters. The maximum Gasteiger partial charge on any atom is 0.331 e. The topological polar surface area (TPSA) is 110 Å². The number of thioether (sulfide) groups is 1. The van der Waals surface area contributed by atoms with Gasteiger partial charge in [-0.2, -0.15) is 0 Å². The molecule has 11 heteroatoms. The highest BCUT2D eigenvalue weighted by Gasteiger charge is 2.76. The monoisotopic (exact) mass is 576 g/mol. The van der Waals surface area contributed by atoms with Crippen LogP contribution in [0.25, 0.3) is 0 Å². The van der Waals surface area contributed by atoms with Gasteiger partial charge in [0.05, 0.1) is 25.5 Å². The molecule has 0 spiro atoms. The Morgan fingerprint density at radius 1 is 1.24 bits per heavy atom. The van der Waals surface area contributed by atoms with Crippen LogP contribution in [0.2, 0.25) is 0 Å². The van der Waals surface area contributed by atoms with Gasteiger partial charge in [0.1, 0.15) is 11.4 Å². The molecule has 2 N–H and O–H groups in total. The number of ketones is 1. The summed E-state index contributed by atoms with van der Waals surface area (Å²) >= 11 is 0.828. The molecule has 0 radical (unpaired) electrons. The van der Waals surface area contributed by atoms with Gasteiger partial charge in [0.25, 0.3) is 0 Å². The summed E-state index contributed by atoms with van der Waals surface area (Å²) < 4.78 is 56.1. The van der Waals surface area contributed by atoms with Crippen LogP contribution in [0.4, 0.5) is 8.78 Å². The summed E-state index contributed by atoms with van der Waals surface area (Å²) in [6.07, 6.45) is 0.595. The van der Waals surface area contributed by atoms with Crippen LogP contribution in [-0.4, -0.2) is 63.6 Å². The Morgan fingerprint density at radius 2 is 1.87 bits per heavy atom. The van der Waals surface area contributed by atoms with E-state index in [0.29, 0.717) is 0 Å². The van der Waals surface area contributed by atoms with E-state index in [1.165, 1.54) is 19.1 Å². The van der Waals surface area contributed by atoms with E-state index in [2.05, 4.69) is 0 Å². The molecule has 214 valence electrons. The minimum absolute atomic E-state index is 0.0171. The van der Waals surface area contributed by atoms with E-state index < -0.39 is 64.5 Å². The number of hydrogen-bond donors (Lipinski definition) is 2. The standard InChI is InChI=1S/C27H39F2O7PS/c1-6-35-37(34,36-7-2)10-11-38-23(32)27(33)16(3)12-18-19-14-21(28)20-13-17(30)8-9-24(20,4)26(19,29)22(31)15-25(18,27)5/h8-9,16,18-19,22,31,33H,6-7,10-15H2,1-5H3/t16-,18+,19+,22+,24+,25+,26+,27+/m1/s1. The second-order valence-electron chi connectivity index (χ2n) is 11.6. The molecule has 2 saturated carbocycles. The minimum Gasteiger partial charge on any atom is -0.390 e. The summed E-state index contributed by atoms with van der Waals surface area (Å²) in [6.45, 7) is 8.71. The fourth-order valence-corrected chi connectivity index (χ4v) is 11.1. The highest BCUT2D eigenvalue weighted by molar-refractivity contribution is 8.14. The fraction of sp³-hybridized carbons (Fsp3) is 0.778. The maximum atomic E-state index is 17.3. The third-order valence-corrected chi connectivity index (χ3v) is 13.2. The Kier molecular flexibility index (Phi) is 8.05. The second-order valence-corrected chi connectivity index (χ2v) is 14.8. The SMILES string of the molecule is CCOP(=O)(CCSC(=O)[C@@]1(O)[C@H](C)C[C@H]2[C@@H]3CC(F)=C4CC(=O)C=C[C@]4(C)[C@@]3(F)[C@@H](O)C[C@@]21C)OCC. The number of carbonyl (C=O) groups is 2. The fourth-order valence-electron chi connectivity index (χ4n) is 7.87. The molecule has 0 aromatic carbocycles. The van der Waals surface area contributed by atoms with Crippen molar-refractivity contribution < 1.29 is 42.2 Å². The zero-order valence-electron chi connectivity index (χ0n) is 22.7. The van der Waals surface area contributed by atoms with E-state index in [4.69, 9.17) is 9.05 Å². The lowest BCUT2D eigenvalue weighted by Crippen LogP contribution is -2.69. The van der Waals surface area contributed by atoms with Crippen molar-refractivity contribution in [3.63, 3.8) is 0 Å². The first-order valence-electron chi connectivity index (χ1n) is 13.4. The molecule has 0 saturated heterocycles. The van der Waals surface area contributed by atoms with Crippen LogP contribution in [0.1, 0.15) is 60.3 Å². The average molecular weight is 577 g/mol. The lowest BCUT2D eigenvalue weighted by molar-refractivity contribution is -0.213. The highest BCUT2D eigenvalue weighted by Crippen LogP contribution is 2.71. The van der Waals surface area contributed by atoms with Crippen LogP contribution in [-0.2, 0) is 23.2 Å². The quantitative estimate of drug-likeness (QED) is 0.382. The van der Waals surface area contributed by atoms with Gasteiger partial charge < -0.3 is 19.3 Å². The molecular weight excluding hydrogens is 537 g/mol. The van der Waals surface area contributed by atoms with Gasteiger partial charge in [0, 0.05) is 35.3 Å². The van der Waals surface area contributed by atoms with Crippen molar-refractivity contribution in [1.29, 1.82) is 0 Å². The normalized spacial score (nSPS) is 42.6. The van der Waals surface area contributed by atoms with Crippen molar-refractivity contribution in [2.75, 3.05) is 25.1 Å². The Balaban J connectivity index is 1.64. The smallest absolute Gasteiger partial charge is 0.331 e. The third kappa shape index (κ3) is 4.16. The number of halogens is 2. The molecule has 0 bridgehead atoms. The van der Waals surface area contributed by atoms with E-state index in [1.807, 2.05) is 0 Å². The van der Waals surface area contributed by atoms with Gasteiger partial charge in [-0.15, -0.1) is 0 Å². The summed E-state index contributed by atoms with van der Waals surface area (Å²) in [5.41, 5.74) is -6.82. The summed E-state index contributed by atoms with van der Waals surface area (Å²) in [7, 11) is -3.38. The Hall–Kier alpha value is -0.900. The van der Waals surface area contributed by atoms with Crippen LogP contribution in [0.5, 0.6) is 0 Å². The van der Waals surface area contributed by atoms with Gasteiger partial charge in [0.15, 0.2) is 11.5 Å². The Bertz CT molecular complexity index is 1100. The summed E-state index contributed by atoms with van der Waals surface area (Å²) in [4.78, 5) is 25.6. The number of rotatable bonds is 8. The molecule has 0 amide bonds. The largest absolute Gasteiger partial charge is 0.390 e. The summed E-state index contributed by atoms with van der Waals surface area (Å²) in [5, 5.41) is 22.9. The zero-order valence-corrected chi connectivity index (χ0v) is 24.4. The maximum absolute atomic E-state index is 17.3. The molecule has 0 aliphatic heterocycles. The van der Waals surface area contributed by atoms with Gasteiger partial charge in [0.2, 0.25) is 5.12 Å². The molecule has 0 aromatic rings. The minimum atomic E-state index is -3.38. The lowest BCUT2D eigenvalue weighted by Gasteiger charge is -2.62. The molecule has 4 rings (SSSR count). The predicted octanol–water partition coefficient (Wildman–Crippen LogP) is 5.16. The lowest BCUT2D eigenvalue weighted by atomic mass is 9.45. The molecule has 7 nitrogen and oxygen atoms in total. The van der Waals surface area contributed by atoms with Gasteiger partial charge in [-0.05, 0) is 57.1 Å². The molecule has 38 heavy (non-hydrogen) atoms. The molecule has 0 heterocycles. The molecule has 2 fully saturated rings. The van der Waals surface area contributed by atoms with Crippen LogP contribution < -0.4 is 0 Å². The first kappa shape index (κ1) is 30.1. The number of carbonyl (C=O) groups excluding carboxylic acids is 2. The Morgan fingerprint density at radius 3 is 2.47 bits per heavy atom. The predicted molar refractivity (Wildman–Crippen MR) is 141 cm³/mol. The second kappa shape index (κ2) is 10.2. The van der Waals surface area contributed by atoms with Crippen molar-refractivity contribution in [2.45, 2.75) is 77.7 Å². The molecule has 0 aromatic heterocycles. The number of aliphatic hydroxyl groups excluding tert-OH is 1. The van der Waals surface area contributed by atoms with Crippen molar-refractivity contribution in [3.8, 4) is 0 Å². The number of fused-ring (bicyclic) bond motifs is 5. The number of hydrogen-bond acceptors (Lipinski definition) is 8. The van der Waals surface area contributed by atoms with Gasteiger partial charge >= 0.3 is 7.60 Å². The van der Waals surface area contributed by atoms with E-state index in [1.54, 1.807) is 27.7 Å². The van der Waals surface area contributed by atoms with Crippen LogP contribution >= 0.6 is 19.4 Å². The van der Waals surface area contributed by atoms with Crippen LogP contribution in [0.15, 0.2) is 23.6 Å². The number of aliphatic hydroxyl groups is 2. The highest BCUT2D eigenvalue weighted by atomic mass is 32.2. The molecular formula is C27H39F2O7PS. The van der Waals surface area contributed by atoms with Crippen molar-refractivity contribution in [1.82, 2.24) is 0 Å². The van der Waals surface area contributed by atoms with Crippen molar-refractivity contribution in [3.05, 3.63) is 23.6 Å². The van der Waals surface area contributed by atoms with Crippen LogP contribution in [0.3, 0.4) is 0 Å². The molecule has 4 aliphatic carbocycles. The van der Waals surface area contributed by atoms with E-state index in [9.17, 15) is 24.4 Å². The average Bonchev–Trinajstić information content (AvgIpc) is 3.04. The molecule has 4 aliphatic rings. The summed E-state index contributed by atoms with van der Waals surface area (Å²) in [6, 6.07) is 0. The zero-order chi connectivity index (χ0) is 28.3. The molecule has 0 unspecified atom stereocenters. The first-order valence-corrected chi connectivity index (χ1v) is 16.1.